The average Bonchev–Trinajstić information content (AvgIpc) is 2.28. The molecule has 2 unspecified atom stereocenters. The van der Waals surface area contributed by atoms with Gasteiger partial charge >= 0.3 is 5.97 Å². The molecular weight excluding hydrogens is 238 g/mol. The molecule has 5 nitrogen and oxygen atoms in total. The molecule has 0 bridgehead atoms. The van der Waals surface area contributed by atoms with E-state index in [2.05, 4.69) is 4.74 Å². The zero-order valence-corrected chi connectivity index (χ0v) is 8.72. The Balaban J connectivity index is 3.25. The van der Waals surface area contributed by atoms with Crippen molar-refractivity contribution in [3.63, 3.8) is 0 Å². The van der Waals surface area contributed by atoms with Crippen LogP contribution < -0.4 is 4.74 Å². The Hall–Kier alpha value is -1.73. The van der Waals surface area contributed by atoms with E-state index in [-0.39, 0.29) is 5.75 Å². The van der Waals surface area contributed by atoms with Crippen LogP contribution in [-0.2, 0) is 4.79 Å². The van der Waals surface area contributed by atoms with Crippen LogP contribution in [0, 0.1) is 11.6 Å². The number of aliphatic hydroxyl groups excluding tert-OH is 2. The van der Waals surface area contributed by atoms with Crippen molar-refractivity contribution in [3.05, 3.63) is 29.3 Å². The number of methoxy groups -OCH3 is 1. The number of benzene rings is 1. The normalized spacial score (nSPS) is 14.2. The average molecular weight is 248 g/mol. The van der Waals surface area contributed by atoms with Crippen LogP contribution in [0.4, 0.5) is 8.78 Å². The van der Waals surface area contributed by atoms with Crippen molar-refractivity contribution in [2.24, 2.45) is 0 Å². The van der Waals surface area contributed by atoms with Crippen LogP contribution in [0.1, 0.15) is 11.7 Å². The Bertz CT molecular complexity index is 435. The number of hydrogen-bond donors (Lipinski definition) is 3. The van der Waals surface area contributed by atoms with Gasteiger partial charge in [-0.15, -0.1) is 0 Å². The van der Waals surface area contributed by atoms with Crippen LogP contribution in [0.5, 0.6) is 5.75 Å². The minimum atomic E-state index is -2.33. The van der Waals surface area contributed by atoms with E-state index in [4.69, 9.17) is 10.2 Å². The molecule has 0 amide bonds. The van der Waals surface area contributed by atoms with Crippen molar-refractivity contribution in [1.82, 2.24) is 0 Å². The summed E-state index contributed by atoms with van der Waals surface area (Å²) < 4.78 is 31.4. The molecule has 0 aliphatic heterocycles. The molecule has 0 fully saturated rings. The van der Waals surface area contributed by atoms with Crippen molar-refractivity contribution in [2.75, 3.05) is 7.11 Å². The second kappa shape index (κ2) is 5.07. The zero-order valence-electron chi connectivity index (χ0n) is 8.72. The van der Waals surface area contributed by atoms with Gasteiger partial charge in [0, 0.05) is 0 Å². The van der Waals surface area contributed by atoms with Gasteiger partial charge in [0.2, 0.25) is 0 Å². The van der Waals surface area contributed by atoms with E-state index in [0.717, 1.165) is 19.2 Å². The van der Waals surface area contributed by atoms with Gasteiger partial charge in [-0.2, -0.15) is 0 Å². The molecule has 0 aliphatic rings. The number of ether oxygens (including phenoxy) is 1. The third-order valence-electron chi connectivity index (χ3n) is 2.16. The third kappa shape index (κ3) is 2.51. The summed E-state index contributed by atoms with van der Waals surface area (Å²) in [6.07, 6.45) is -4.55. The number of aliphatic carboxylic acids is 1. The van der Waals surface area contributed by atoms with Crippen LogP contribution in [-0.4, -0.2) is 34.5 Å². The maximum absolute atomic E-state index is 13.6. The Morgan fingerprint density at radius 3 is 2.41 bits per heavy atom. The molecule has 94 valence electrons. The quantitative estimate of drug-likeness (QED) is 0.720. The van der Waals surface area contributed by atoms with Crippen LogP contribution >= 0.6 is 0 Å². The van der Waals surface area contributed by atoms with E-state index < -0.39 is 35.4 Å². The number of carbonyl (C=O) groups is 1. The predicted molar refractivity (Wildman–Crippen MR) is 51.5 cm³/mol. The van der Waals surface area contributed by atoms with E-state index in [9.17, 15) is 18.7 Å². The van der Waals surface area contributed by atoms with Gasteiger partial charge < -0.3 is 20.1 Å². The Morgan fingerprint density at radius 2 is 1.94 bits per heavy atom. The fourth-order valence-corrected chi connectivity index (χ4v) is 1.27. The highest BCUT2D eigenvalue weighted by molar-refractivity contribution is 5.73. The van der Waals surface area contributed by atoms with Gasteiger partial charge in [-0.05, 0) is 12.1 Å². The number of hydrogen-bond acceptors (Lipinski definition) is 4. The molecule has 7 heteroatoms. The lowest BCUT2D eigenvalue weighted by Gasteiger charge is -2.16. The summed E-state index contributed by atoms with van der Waals surface area (Å²) in [6.45, 7) is 0. The Morgan fingerprint density at radius 1 is 1.35 bits per heavy atom. The van der Waals surface area contributed by atoms with Crippen molar-refractivity contribution in [3.8, 4) is 5.75 Å². The second-order valence-electron chi connectivity index (χ2n) is 3.21. The summed E-state index contributed by atoms with van der Waals surface area (Å²) in [5, 5.41) is 26.8. The van der Waals surface area contributed by atoms with Gasteiger partial charge in [0.05, 0.1) is 12.7 Å². The van der Waals surface area contributed by atoms with E-state index >= 15 is 0 Å². The Kier molecular flexibility index (Phi) is 3.97. The first-order valence-corrected chi connectivity index (χ1v) is 4.51. The van der Waals surface area contributed by atoms with Gasteiger partial charge in [-0.3, -0.25) is 0 Å². The standard InChI is InChI=1S/C10H10F2O5/c1-17-5-3-2-4(11)6(7(5)12)8(13)9(14)10(15)16/h2-3,8-9,13-14H,1H3,(H,15,16). The number of rotatable bonds is 4. The Labute approximate surface area is 94.9 Å². The van der Waals surface area contributed by atoms with Gasteiger partial charge in [-0.1, -0.05) is 0 Å². The summed E-state index contributed by atoms with van der Waals surface area (Å²) in [5.74, 6) is -4.58. The zero-order chi connectivity index (χ0) is 13.2. The van der Waals surface area contributed by atoms with Crippen molar-refractivity contribution < 1.29 is 33.6 Å². The monoisotopic (exact) mass is 248 g/mol. The van der Waals surface area contributed by atoms with Gasteiger partial charge in [0.25, 0.3) is 0 Å². The van der Waals surface area contributed by atoms with Crippen LogP contribution in [0.15, 0.2) is 12.1 Å². The lowest BCUT2D eigenvalue weighted by atomic mass is 10.0. The minimum absolute atomic E-state index is 0.363. The molecule has 0 saturated heterocycles. The maximum atomic E-state index is 13.6. The van der Waals surface area contributed by atoms with Crippen molar-refractivity contribution in [2.45, 2.75) is 12.2 Å². The molecule has 0 aromatic heterocycles. The smallest absolute Gasteiger partial charge is 0.335 e. The molecule has 0 aliphatic carbocycles. The highest BCUT2D eigenvalue weighted by atomic mass is 19.1. The minimum Gasteiger partial charge on any atom is -0.494 e. The summed E-state index contributed by atoms with van der Waals surface area (Å²) in [6, 6.07) is 1.78. The second-order valence-corrected chi connectivity index (χ2v) is 3.21. The number of carboxylic acid groups (broad SMARTS) is 1. The van der Waals surface area contributed by atoms with E-state index in [0.29, 0.717) is 0 Å². The molecule has 0 radical (unpaired) electrons. The molecule has 3 N–H and O–H groups in total. The van der Waals surface area contributed by atoms with E-state index in [1.165, 1.54) is 0 Å². The summed E-state index contributed by atoms with van der Waals surface area (Å²) in [7, 11) is 1.13. The van der Waals surface area contributed by atoms with E-state index in [1.54, 1.807) is 0 Å². The summed E-state index contributed by atoms with van der Waals surface area (Å²) in [4.78, 5) is 10.4. The number of aliphatic hydroxyl groups is 2. The van der Waals surface area contributed by atoms with E-state index in [1.807, 2.05) is 0 Å². The third-order valence-corrected chi connectivity index (χ3v) is 2.16. The van der Waals surface area contributed by atoms with Crippen LogP contribution in [0.25, 0.3) is 0 Å². The number of carboxylic acids is 1. The lowest BCUT2D eigenvalue weighted by Crippen LogP contribution is -2.28. The maximum Gasteiger partial charge on any atom is 0.335 e. The molecule has 2 atom stereocenters. The fourth-order valence-electron chi connectivity index (χ4n) is 1.27. The molecular formula is C10H10F2O5. The van der Waals surface area contributed by atoms with Crippen molar-refractivity contribution in [1.29, 1.82) is 0 Å². The summed E-state index contributed by atoms with van der Waals surface area (Å²) >= 11 is 0. The molecule has 1 aromatic carbocycles. The van der Waals surface area contributed by atoms with Gasteiger partial charge in [0.1, 0.15) is 11.9 Å². The van der Waals surface area contributed by atoms with Gasteiger partial charge in [-0.25, -0.2) is 13.6 Å². The highest BCUT2D eigenvalue weighted by Gasteiger charge is 2.31. The lowest BCUT2D eigenvalue weighted by molar-refractivity contribution is -0.153. The predicted octanol–water partition coefficient (Wildman–Crippen LogP) is 0.452. The molecule has 0 spiro atoms. The molecule has 1 rings (SSSR count). The fraction of sp³-hybridized carbons (Fsp3) is 0.300. The molecule has 0 heterocycles. The first-order valence-electron chi connectivity index (χ1n) is 4.51. The SMILES string of the molecule is COc1ccc(F)c(C(O)C(O)C(=O)O)c1F. The largest absolute Gasteiger partial charge is 0.494 e. The molecule has 1 aromatic rings. The number of halogens is 2. The van der Waals surface area contributed by atoms with Gasteiger partial charge in [0.15, 0.2) is 17.7 Å². The molecule has 0 saturated carbocycles. The van der Waals surface area contributed by atoms with Crippen LogP contribution in [0.3, 0.4) is 0 Å². The topological polar surface area (TPSA) is 87.0 Å². The molecule has 17 heavy (non-hydrogen) atoms. The first kappa shape index (κ1) is 13.3. The first-order chi connectivity index (χ1) is 7.90. The summed E-state index contributed by atoms with van der Waals surface area (Å²) in [5.41, 5.74) is -0.945. The highest BCUT2D eigenvalue weighted by Crippen LogP contribution is 2.29. The van der Waals surface area contributed by atoms with Crippen LogP contribution in [0.2, 0.25) is 0 Å². The van der Waals surface area contributed by atoms with Crippen molar-refractivity contribution >= 4 is 5.97 Å².